The van der Waals surface area contributed by atoms with Crippen molar-refractivity contribution in [3.63, 3.8) is 0 Å². The maximum atomic E-state index is 12.6. The number of nitrogens with zero attached hydrogens (tertiary/aromatic N) is 1. The zero-order valence-corrected chi connectivity index (χ0v) is 17.7. The van der Waals surface area contributed by atoms with E-state index < -0.39 is 0 Å². The summed E-state index contributed by atoms with van der Waals surface area (Å²) in [4.78, 5) is 27.1. The third-order valence-corrected chi connectivity index (χ3v) is 6.31. The van der Waals surface area contributed by atoms with Crippen molar-refractivity contribution in [3.05, 3.63) is 63.8 Å². The number of hydrogen-bond donors (Lipinski definition) is 1. The molecule has 7 heteroatoms. The Morgan fingerprint density at radius 3 is 2.64 bits per heavy atom. The van der Waals surface area contributed by atoms with Gasteiger partial charge in [0, 0.05) is 41.2 Å². The van der Waals surface area contributed by atoms with Crippen LogP contribution >= 0.6 is 27.7 Å². The van der Waals surface area contributed by atoms with Crippen LogP contribution in [0.3, 0.4) is 0 Å². The van der Waals surface area contributed by atoms with Gasteiger partial charge in [-0.15, -0.1) is 0 Å². The van der Waals surface area contributed by atoms with E-state index in [0.29, 0.717) is 16.8 Å². The number of nitrogens with one attached hydrogen (secondary N) is 1. The van der Waals surface area contributed by atoms with E-state index in [9.17, 15) is 9.59 Å². The van der Waals surface area contributed by atoms with Crippen LogP contribution in [0.25, 0.3) is 11.0 Å². The summed E-state index contributed by atoms with van der Waals surface area (Å²) >= 11 is 5.30. The van der Waals surface area contributed by atoms with Crippen LogP contribution in [0.1, 0.15) is 26.5 Å². The number of rotatable bonds is 3. The van der Waals surface area contributed by atoms with Crippen LogP contribution in [-0.2, 0) is 0 Å². The molecule has 2 heterocycles. The van der Waals surface area contributed by atoms with Gasteiger partial charge in [-0.2, -0.15) is 11.8 Å². The molecule has 4 rings (SSSR count). The Morgan fingerprint density at radius 2 is 1.93 bits per heavy atom. The minimum absolute atomic E-state index is 0.0448. The summed E-state index contributed by atoms with van der Waals surface area (Å²) < 4.78 is 6.50. The standard InChI is InChI=1S/C21H19BrN2O3S/c1-13-11-15(21(26)24-7-9-28-10-8-24)5-6-17(13)23-20(25)18-12-14-3-2-4-16(22)19(14)27-18/h2-6,11-12H,7-10H2,1H3,(H,23,25). The van der Waals surface area contributed by atoms with E-state index in [0.717, 1.165) is 40.0 Å². The summed E-state index contributed by atoms with van der Waals surface area (Å²) in [7, 11) is 0. The Bertz CT molecular complexity index is 1060. The van der Waals surface area contributed by atoms with Crippen LogP contribution in [0.5, 0.6) is 0 Å². The molecule has 1 N–H and O–H groups in total. The molecule has 1 fully saturated rings. The van der Waals surface area contributed by atoms with Crippen molar-refractivity contribution in [2.75, 3.05) is 29.9 Å². The lowest BCUT2D eigenvalue weighted by Gasteiger charge is -2.26. The van der Waals surface area contributed by atoms with E-state index >= 15 is 0 Å². The molecule has 0 spiro atoms. The van der Waals surface area contributed by atoms with Crippen LogP contribution in [0.4, 0.5) is 5.69 Å². The number of hydrogen-bond acceptors (Lipinski definition) is 4. The lowest BCUT2D eigenvalue weighted by atomic mass is 10.1. The summed E-state index contributed by atoms with van der Waals surface area (Å²) in [5.41, 5.74) is 2.79. The smallest absolute Gasteiger partial charge is 0.291 e. The number of halogens is 1. The van der Waals surface area contributed by atoms with Gasteiger partial charge in [0.05, 0.1) is 4.47 Å². The van der Waals surface area contributed by atoms with Gasteiger partial charge in [0.25, 0.3) is 11.8 Å². The quantitative estimate of drug-likeness (QED) is 0.603. The molecule has 1 aliphatic rings. The number of carbonyl (C=O) groups excluding carboxylic acids is 2. The molecule has 5 nitrogen and oxygen atoms in total. The van der Waals surface area contributed by atoms with Gasteiger partial charge in [0.2, 0.25) is 0 Å². The zero-order chi connectivity index (χ0) is 19.7. The highest BCUT2D eigenvalue weighted by Crippen LogP contribution is 2.28. The number of anilines is 1. The van der Waals surface area contributed by atoms with Crippen molar-refractivity contribution < 1.29 is 14.0 Å². The van der Waals surface area contributed by atoms with Crippen molar-refractivity contribution in [1.29, 1.82) is 0 Å². The number of carbonyl (C=O) groups is 2. The molecule has 0 aliphatic carbocycles. The third kappa shape index (κ3) is 3.82. The Balaban J connectivity index is 1.51. The highest BCUT2D eigenvalue weighted by Gasteiger charge is 2.20. The fraction of sp³-hybridized carbons (Fsp3) is 0.238. The van der Waals surface area contributed by atoms with Crippen molar-refractivity contribution >= 4 is 56.2 Å². The second-order valence-corrected chi connectivity index (χ2v) is 8.74. The Morgan fingerprint density at radius 1 is 1.14 bits per heavy atom. The maximum absolute atomic E-state index is 12.6. The third-order valence-electron chi connectivity index (χ3n) is 4.74. The lowest BCUT2D eigenvalue weighted by Crippen LogP contribution is -2.37. The number of furan rings is 1. The summed E-state index contributed by atoms with van der Waals surface area (Å²) in [6.07, 6.45) is 0. The van der Waals surface area contributed by atoms with Gasteiger partial charge in [-0.05, 0) is 58.7 Å². The van der Waals surface area contributed by atoms with Crippen LogP contribution in [-0.4, -0.2) is 41.3 Å². The minimum atomic E-state index is -0.321. The molecule has 1 saturated heterocycles. The second-order valence-electron chi connectivity index (χ2n) is 6.66. The molecule has 0 atom stereocenters. The van der Waals surface area contributed by atoms with Gasteiger partial charge in [-0.3, -0.25) is 9.59 Å². The average Bonchev–Trinajstić information content (AvgIpc) is 3.15. The van der Waals surface area contributed by atoms with Crippen molar-refractivity contribution in [2.45, 2.75) is 6.92 Å². The Labute approximate surface area is 175 Å². The van der Waals surface area contributed by atoms with Crippen LogP contribution < -0.4 is 5.32 Å². The Hall–Kier alpha value is -2.25. The number of thioether (sulfide) groups is 1. The van der Waals surface area contributed by atoms with Crippen LogP contribution in [0.2, 0.25) is 0 Å². The number of amides is 2. The number of fused-ring (bicyclic) bond motifs is 1. The van der Waals surface area contributed by atoms with E-state index in [2.05, 4.69) is 21.2 Å². The van der Waals surface area contributed by atoms with Crippen molar-refractivity contribution in [1.82, 2.24) is 4.90 Å². The molecule has 1 aromatic heterocycles. The number of benzene rings is 2. The fourth-order valence-electron chi connectivity index (χ4n) is 3.21. The van der Waals surface area contributed by atoms with Gasteiger partial charge in [-0.1, -0.05) is 12.1 Å². The predicted octanol–water partition coefficient (Wildman–Crippen LogP) is 4.95. The molecule has 0 saturated carbocycles. The fourth-order valence-corrected chi connectivity index (χ4v) is 4.57. The van der Waals surface area contributed by atoms with Crippen LogP contribution in [0.15, 0.2) is 51.4 Å². The van der Waals surface area contributed by atoms with Crippen molar-refractivity contribution in [2.24, 2.45) is 0 Å². The number of aryl methyl sites for hydroxylation is 1. The maximum Gasteiger partial charge on any atom is 0.291 e. The van der Waals surface area contributed by atoms with E-state index in [1.165, 1.54) is 0 Å². The summed E-state index contributed by atoms with van der Waals surface area (Å²) in [5.74, 6) is 1.92. The molecule has 2 aromatic carbocycles. The van der Waals surface area contributed by atoms with Crippen LogP contribution in [0, 0.1) is 6.92 Å². The van der Waals surface area contributed by atoms with E-state index in [-0.39, 0.29) is 17.6 Å². The first-order valence-electron chi connectivity index (χ1n) is 9.00. The summed E-state index contributed by atoms with van der Waals surface area (Å²) in [6.45, 7) is 3.44. The summed E-state index contributed by atoms with van der Waals surface area (Å²) in [5, 5.41) is 3.73. The van der Waals surface area contributed by atoms with E-state index in [1.807, 2.05) is 47.9 Å². The topological polar surface area (TPSA) is 62.6 Å². The van der Waals surface area contributed by atoms with Crippen molar-refractivity contribution in [3.8, 4) is 0 Å². The first-order valence-corrected chi connectivity index (χ1v) is 10.9. The molecular formula is C21H19BrN2O3S. The van der Waals surface area contributed by atoms with E-state index in [4.69, 9.17) is 4.42 Å². The molecule has 2 amide bonds. The first kappa shape index (κ1) is 19.1. The normalized spacial score (nSPS) is 14.3. The number of para-hydroxylation sites is 1. The Kier molecular flexibility index (Phi) is 5.46. The average molecular weight is 459 g/mol. The van der Waals surface area contributed by atoms with Gasteiger partial charge in [0.1, 0.15) is 5.58 Å². The lowest BCUT2D eigenvalue weighted by molar-refractivity contribution is 0.0772. The summed E-state index contributed by atoms with van der Waals surface area (Å²) in [6, 6.07) is 12.7. The molecule has 0 unspecified atom stereocenters. The predicted molar refractivity (Wildman–Crippen MR) is 116 cm³/mol. The van der Waals surface area contributed by atoms with E-state index in [1.54, 1.807) is 18.2 Å². The molecule has 1 aliphatic heterocycles. The highest BCUT2D eigenvalue weighted by molar-refractivity contribution is 9.10. The highest BCUT2D eigenvalue weighted by atomic mass is 79.9. The SMILES string of the molecule is Cc1cc(C(=O)N2CCSCC2)ccc1NC(=O)c1cc2cccc(Br)c2o1. The van der Waals surface area contributed by atoms with Gasteiger partial charge in [-0.25, -0.2) is 0 Å². The second kappa shape index (κ2) is 8.01. The zero-order valence-electron chi connectivity index (χ0n) is 15.3. The molecule has 144 valence electrons. The molecule has 3 aromatic rings. The van der Waals surface area contributed by atoms with Gasteiger partial charge >= 0.3 is 0 Å². The molecular weight excluding hydrogens is 440 g/mol. The largest absolute Gasteiger partial charge is 0.450 e. The molecule has 0 radical (unpaired) electrons. The molecule has 28 heavy (non-hydrogen) atoms. The van der Waals surface area contributed by atoms with Gasteiger partial charge in [0.15, 0.2) is 5.76 Å². The van der Waals surface area contributed by atoms with Gasteiger partial charge < -0.3 is 14.6 Å². The minimum Gasteiger partial charge on any atom is -0.450 e. The first-order chi connectivity index (χ1) is 13.5. The monoisotopic (exact) mass is 458 g/mol. The molecule has 0 bridgehead atoms.